The molecule has 0 bridgehead atoms. The molecule has 1 saturated heterocycles. The van der Waals surface area contributed by atoms with Gasteiger partial charge in [-0.3, -0.25) is 5.41 Å². The van der Waals surface area contributed by atoms with Crippen LogP contribution in [0.1, 0.15) is 12.8 Å². The number of anilines is 1. The molecule has 0 saturated carbocycles. The molecule has 0 unspecified atom stereocenters. The third kappa shape index (κ3) is 1.61. The van der Waals surface area contributed by atoms with Gasteiger partial charge in [-0.1, -0.05) is 12.1 Å². The van der Waals surface area contributed by atoms with E-state index in [-0.39, 0.29) is 0 Å². The second kappa shape index (κ2) is 3.50. The predicted octanol–water partition coefficient (Wildman–Crippen LogP) is 3.03. The SMILES string of the molecule is N=C1CCCN1c1ccccc1Br. The molecule has 3 heteroatoms. The molecule has 1 aliphatic rings. The summed E-state index contributed by atoms with van der Waals surface area (Å²) in [5.41, 5.74) is 1.12. The molecule has 0 atom stereocenters. The summed E-state index contributed by atoms with van der Waals surface area (Å²) in [7, 11) is 0. The van der Waals surface area contributed by atoms with E-state index in [0.717, 1.165) is 35.4 Å². The summed E-state index contributed by atoms with van der Waals surface area (Å²) in [5.74, 6) is 0.729. The van der Waals surface area contributed by atoms with Crippen molar-refractivity contribution in [1.29, 1.82) is 5.41 Å². The fourth-order valence-corrected chi connectivity index (χ4v) is 2.11. The highest BCUT2D eigenvalue weighted by molar-refractivity contribution is 9.10. The van der Waals surface area contributed by atoms with Crippen molar-refractivity contribution in [3.8, 4) is 0 Å². The van der Waals surface area contributed by atoms with E-state index in [4.69, 9.17) is 5.41 Å². The lowest BCUT2D eigenvalue weighted by Crippen LogP contribution is -2.23. The molecule has 1 aromatic rings. The summed E-state index contributed by atoms with van der Waals surface area (Å²) in [6.07, 6.45) is 2.00. The van der Waals surface area contributed by atoms with Crippen LogP contribution in [0.2, 0.25) is 0 Å². The van der Waals surface area contributed by atoms with Gasteiger partial charge < -0.3 is 4.90 Å². The van der Waals surface area contributed by atoms with Crippen LogP contribution in [0.15, 0.2) is 28.7 Å². The lowest BCUT2D eigenvalue weighted by molar-refractivity contribution is 0.955. The van der Waals surface area contributed by atoms with Gasteiger partial charge in [0, 0.05) is 17.4 Å². The Labute approximate surface area is 86.2 Å². The lowest BCUT2D eigenvalue weighted by atomic mass is 10.3. The molecule has 2 nitrogen and oxygen atoms in total. The quantitative estimate of drug-likeness (QED) is 0.801. The van der Waals surface area contributed by atoms with Crippen LogP contribution >= 0.6 is 15.9 Å². The Morgan fingerprint density at radius 3 is 2.69 bits per heavy atom. The van der Waals surface area contributed by atoms with Gasteiger partial charge in [0.05, 0.1) is 5.69 Å². The van der Waals surface area contributed by atoms with Crippen molar-refractivity contribution in [3.05, 3.63) is 28.7 Å². The molecule has 0 aromatic heterocycles. The van der Waals surface area contributed by atoms with Crippen molar-refractivity contribution in [2.75, 3.05) is 11.4 Å². The summed E-state index contributed by atoms with van der Waals surface area (Å²) < 4.78 is 1.07. The van der Waals surface area contributed by atoms with Crippen molar-refractivity contribution in [2.24, 2.45) is 0 Å². The van der Waals surface area contributed by atoms with Crippen molar-refractivity contribution < 1.29 is 0 Å². The average molecular weight is 239 g/mol. The van der Waals surface area contributed by atoms with Crippen LogP contribution in [0.4, 0.5) is 5.69 Å². The number of nitrogens with one attached hydrogen (secondary N) is 1. The Morgan fingerprint density at radius 2 is 2.08 bits per heavy atom. The zero-order valence-electron chi connectivity index (χ0n) is 7.26. The number of amidine groups is 1. The van der Waals surface area contributed by atoms with E-state index in [0.29, 0.717) is 0 Å². The van der Waals surface area contributed by atoms with Gasteiger partial charge in [0.2, 0.25) is 0 Å². The van der Waals surface area contributed by atoms with Gasteiger partial charge in [0.1, 0.15) is 5.84 Å². The average Bonchev–Trinajstić information content (AvgIpc) is 2.52. The van der Waals surface area contributed by atoms with Crippen LogP contribution < -0.4 is 4.90 Å². The molecule has 13 heavy (non-hydrogen) atoms. The Balaban J connectivity index is 2.34. The molecular weight excluding hydrogens is 228 g/mol. The van der Waals surface area contributed by atoms with E-state index >= 15 is 0 Å². The zero-order valence-corrected chi connectivity index (χ0v) is 8.84. The molecular formula is C10H11BrN2. The summed E-state index contributed by atoms with van der Waals surface area (Å²) in [4.78, 5) is 2.06. The van der Waals surface area contributed by atoms with Gasteiger partial charge in [-0.05, 0) is 34.5 Å². The van der Waals surface area contributed by atoms with E-state index in [9.17, 15) is 0 Å². The first kappa shape index (κ1) is 8.75. The van der Waals surface area contributed by atoms with Crippen molar-refractivity contribution in [1.82, 2.24) is 0 Å². The minimum atomic E-state index is 0.729. The number of hydrogen-bond acceptors (Lipinski definition) is 1. The van der Waals surface area contributed by atoms with E-state index in [1.54, 1.807) is 0 Å². The Hall–Kier alpha value is -0.830. The summed E-state index contributed by atoms with van der Waals surface area (Å²) in [5, 5.41) is 7.75. The molecule has 1 fully saturated rings. The van der Waals surface area contributed by atoms with E-state index in [1.165, 1.54) is 0 Å². The maximum Gasteiger partial charge on any atom is 0.100 e. The molecule has 68 valence electrons. The van der Waals surface area contributed by atoms with E-state index < -0.39 is 0 Å². The molecule has 1 aliphatic heterocycles. The predicted molar refractivity (Wildman–Crippen MR) is 58.4 cm³/mol. The fraction of sp³-hybridized carbons (Fsp3) is 0.300. The summed E-state index contributed by atoms with van der Waals surface area (Å²) in [6, 6.07) is 8.06. The van der Waals surface area contributed by atoms with Gasteiger partial charge >= 0.3 is 0 Å². The number of halogens is 1. The third-order valence-electron chi connectivity index (χ3n) is 2.26. The summed E-state index contributed by atoms with van der Waals surface area (Å²) >= 11 is 3.50. The van der Waals surface area contributed by atoms with Crippen molar-refractivity contribution in [2.45, 2.75) is 12.8 Å². The lowest BCUT2D eigenvalue weighted by Gasteiger charge is -2.18. The number of rotatable bonds is 1. The molecule has 0 radical (unpaired) electrons. The maximum atomic E-state index is 7.75. The van der Waals surface area contributed by atoms with Crippen LogP contribution in [0.3, 0.4) is 0 Å². The van der Waals surface area contributed by atoms with Gasteiger partial charge in [-0.25, -0.2) is 0 Å². The first-order valence-electron chi connectivity index (χ1n) is 4.38. The second-order valence-electron chi connectivity index (χ2n) is 3.15. The molecule has 2 rings (SSSR count). The first-order chi connectivity index (χ1) is 6.29. The monoisotopic (exact) mass is 238 g/mol. The minimum Gasteiger partial charge on any atom is -0.329 e. The van der Waals surface area contributed by atoms with Gasteiger partial charge in [0.15, 0.2) is 0 Å². The Morgan fingerprint density at radius 1 is 1.31 bits per heavy atom. The van der Waals surface area contributed by atoms with Crippen LogP contribution in [0.5, 0.6) is 0 Å². The Kier molecular flexibility index (Phi) is 2.36. The van der Waals surface area contributed by atoms with Crippen LogP contribution in [0.25, 0.3) is 0 Å². The topological polar surface area (TPSA) is 27.1 Å². The number of para-hydroxylation sites is 1. The maximum absolute atomic E-state index is 7.75. The number of hydrogen-bond donors (Lipinski definition) is 1. The molecule has 1 N–H and O–H groups in total. The van der Waals surface area contributed by atoms with E-state index in [1.807, 2.05) is 24.3 Å². The highest BCUT2D eigenvalue weighted by atomic mass is 79.9. The largest absolute Gasteiger partial charge is 0.329 e. The molecule has 0 aliphatic carbocycles. The molecule has 1 heterocycles. The van der Waals surface area contributed by atoms with Crippen molar-refractivity contribution in [3.63, 3.8) is 0 Å². The second-order valence-corrected chi connectivity index (χ2v) is 4.01. The summed E-state index contributed by atoms with van der Waals surface area (Å²) in [6.45, 7) is 0.974. The smallest absolute Gasteiger partial charge is 0.100 e. The van der Waals surface area contributed by atoms with Crippen LogP contribution in [-0.2, 0) is 0 Å². The highest BCUT2D eigenvalue weighted by Crippen LogP contribution is 2.28. The van der Waals surface area contributed by atoms with E-state index in [2.05, 4.69) is 20.8 Å². The van der Waals surface area contributed by atoms with Gasteiger partial charge in [-0.2, -0.15) is 0 Å². The Bertz CT molecular complexity index is 335. The van der Waals surface area contributed by atoms with Crippen LogP contribution in [-0.4, -0.2) is 12.4 Å². The molecule has 1 aromatic carbocycles. The third-order valence-corrected chi connectivity index (χ3v) is 2.93. The minimum absolute atomic E-state index is 0.729. The highest BCUT2D eigenvalue weighted by Gasteiger charge is 2.19. The molecule has 0 spiro atoms. The van der Waals surface area contributed by atoms with Gasteiger partial charge in [0.25, 0.3) is 0 Å². The number of benzene rings is 1. The zero-order chi connectivity index (χ0) is 9.26. The molecule has 0 amide bonds. The first-order valence-corrected chi connectivity index (χ1v) is 5.18. The standard InChI is InChI=1S/C10H11BrN2/c11-8-4-1-2-5-9(8)13-7-3-6-10(13)12/h1-2,4-5,12H,3,6-7H2. The van der Waals surface area contributed by atoms with Crippen molar-refractivity contribution >= 4 is 27.5 Å². The van der Waals surface area contributed by atoms with Crippen LogP contribution in [0, 0.1) is 5.41 Å². The van der Waals surface area contributed by atoms with Gasteiger partial charge in [-0.15, -0.1) is 0 Å². The number of nitrogens with zero attached hydrogens (tertiary/aromatic N) is 1. The fourth-order valence-electron chi connectivity index (χ4n) is 1.61. The normalized spacial score (nSPS) is 16.7.